The number of carbonyl (C=O) groups excluding carboxylic acids is 1. The number of hydrogen-bond donors (Lipinski definition) is 1. The minimum Gasteiger partial charge on any atom is -0.478 e. The van der Waals surface area contributed by atoms with Gasteiger partial charge in [0.05, 0.1) is 22.0 Å². The van der Waals surface area contributed by atoms with Gasteiger partial charge >= 0.3 is 0 Å². The molecule has 2 aromatic carbocycles. The van der Waals surface area contributed by atoms with Gasteiger partial charge in [0.2, 0.25) is 10.0 Å². The smallest absolute Gasteiger partial charge is 0.265 e. The van der Waals surface area contributed by atoms with E-state index in [0.717, 1.165) is 6.26 Å². The van der Waals surface area contributed by atoms with Gasteiger partial charge in [0, 0.05) is 23.7 Å². The highest BCUT2D eigenvalue weighted by Gasteiger charge is 2.31. The summed E-state index contributed by atoms with van der Waals surface area (Å²) >= 11 is 17.8. The quantitative estimate of drug-likeness (QED) is 0.762. The van der Waals surface area contributed by atoms with Gasteiger partial charge in [-0.2, -0.15) is 0 Å². The van der Waals surface area contributed by atoms with Crippen molar-refractivity contribution in [2.45, 2.75) is 12.5 Å². The summed E-state index contributed by atoms with van der Waals surface area (Å²) in [4.78, 5) is 12.6. The average molecular weight is 450 g/mol. The van der Waals surface area contributed by atoms with Crippen molar-refractivity contribution in [3.05, 3.63) is 51.5 Å². The van der Waals surface area contributed by atoms with E-state index in [1.54, 1.807) is 24.3 Å². The predicted octanol–water partition coefficient (Wildman–Crippen LogP) is 4.20. The van der Waals surface area contributed by atoms with E-state index in [4.69, 9.17) is 39.5 Å². The first kappa shape index (κ1) is 20.1. The van der Waals surface area contributed by atoms with E-state index in [1.165, 1.54) is 16.4 Å². The van der Waals surface area contributed by atoms with Crippen molar-refractivity contribution in [2.75, 3.05) is 22.4 Å². The van der Waals surface area contributed by atoms with Crippen molar-refractivity contribution < 1.29 is 17.9 Å². The molecule has 0 saturated carbocycles. The third kappa shape index (κ3) is 4.60. The molecule has 1 unspecified atom stereocenters. The summed E-state index contributed by atoms with van der Waals surface area (Å²) < 4.78 is 31.3. The fourth-order valence-electron chi connectivity index (χ4n) is 2.68. The number of carbonyl (C=O) groups is 1. The van der Waals surface area contributed by atoms with Crippen molar-refractivity contribution in [2.24, 2.45) is 0 Å². The summed E-state index contributed by atoms with van der Waals surface area (Å²) in [6.45, 7) is 0.0750. The Bertz CT molecular complexity index is 998. The van der Waals surface area contributed by atoms with E-state index in [9.17, 15) is 13.2 Å². The third-order valence-corrected chi connectivity index (χ3v) is 6.09. The molecule has 1 aliphatic rings. The van der Waals surface area contributed by atoms with Crippen LogP contribution in [0.3, 0.4) is 0 Å². The maximum absolute atomic E-state index is 12.6. The largest absolute Gasteiger partial charge is 0.478 e. The Labute approximate surface area is 172 Å². The number of anilines is 2. The normalized spacial score (nSPS) is 16.9. The number of amides is 1. The molecule has 0 aromatic heterocycles. The van der Waals surface area contributed by atoms with Crippen molar-refractivity contribution >= 4 is 62.1 Å². The van der Waals surface area contributed by atoms with Crippen molar-refractivity contribution in [3.63, 3.8) is 0 Å². The number of nitrogens with one attached hydrogen (secondary N) is 1. The molecule has 1 aliphatic heterocycles. The van der Waals surface area contributed by atoms with Crippen molar-refractivity contribution in [1.29, 1.82) is 0 Å². The molecule has 0 fully saturated rings. The predicted molar refractivity (Wildman–Crippen MR) is 108 cm³/mol. The molecule has 0 spiro atoms. The number of ether oxygens (including phenoxy) is 1. The highest BCUT2D eigenvalue weighted by molar-refractivity contribution is 7.92. The molecular weight excluding hydrogens is 435 g/mol. The second-order valence-corrected chi connectivity index (χ2v) is 9.12. The Balaban J connectivity index is 1.87. The van der Waals surface area contributed by atoms with Gasteiger partial charge in [-0.1, -0.05) is 34.8 Å². The molecule has 0 radical (unpaired) electrons. The van der Waals surface area contributed by atoms with Crippen LogP contribution in [-0.2, 0) is 14.8 Å². The van der Waals surface area contributed by atoms with Crippen LogP contribution in [0.15, 0.2) is 36.4 Å². The lowest BCUT2D eigenvalue weighted by atomic mass is 10.2. The highest BCUT2D eigenvalue weighted by atomic mass is 35.5. The van der Waals surface area contributed by atoms with E-state index in [2.05, 4.69) is 5.32 Å². The Hall–Kier alpha value is -1.67. The fraction of sp³-hybridized carbons (Fsp3) is 0.235. The average Bonchev–Trinajstić information content (AvgIpc) is 2.77. The van der Waals surface area contributed by atoms with Crippen molar-refractivity contribution in [3.8, 4) is 5.75 Å². The van der Waals surface area contributed by atoms with Gasteiger partial charge < -0.3 is 10.1 Å². The number of sulfonamides is 1. The summed E-state index contributed by atoms with van der Waals surface area (Å²) in [7, 11) is -3.57. The molecule has 3 rings (SSSR count). The first-order chi connectivity index (χ1) is 12.6. The van der Waals surface area contributed by atoms with Crippen molar-refractivity contribution in [1.82, 2.24) is 0 Å². The molecule has 2 aromatic rings. The molecule has 1 amide bonds. The molecular formula is C17H15Cl3N2O4S. The summed E-state index contributed by atoms with van der Waals surface area (Å²) in [6.07, 6.45) is 0.353. The van der Waals surface area contributed by atoms with Crippen LogP contribution in [0.25, 0.3) is 0 Å². The third-order valence-electron chi connectivity index (χ3n) is 3.93. The highest BCUT2D eigenvalue weighted by Crippen LogP contribution is 2.36. The summed E-state index contributed by atoms with van der Waals surface area (Å²) in [6, 6.07) is 9.31. The van der Waals surface area contributed by atoms with Crippen LogP contribution < -0.4 is 14.4 Å². The number of fused-ring (bicyclic) bond motifs is 1. The molecule has 0 bridgehead atoms. The molecule has 144 valence electrons. The minimum absolute atomic E-state index is 0.0750. The second-order valence-electron chi connectivity index (χ2n) is 5.96. The van der Waals surface area contributed by atoms with Crippen LogP contribution in [0.5, 0.6) is 5.75 Å². The standard InChI is InChI=1S/C17H15Cl3N2O4S/c1-27(24,25)22-7-6-16(26-15-5-2-10(18)8-14(15)22)17(23)21-11-3-4-12(19)13(20)9-11/h2-5,8-9,16H,6-7H2,1H3,(H,21,23). The Morgan fingerprint density at radius 3 is 2.56 bits per heavy atom. The van der Waals surface area contributed by atoms with Gasteiger partial charge in [0.25, 0.3) is 5.91 Å². The zero-order chi connectivity index (χ0) is 19.8. The van der Waals surface area contributed by atoms with E-state index in [-0.39, 0.29) is 18.7 Å². The fourth-order valence-corrected chi connectivity index (χ4v) is 4.08. The lowest BCUT2D eigenvalue weighted by molar-refractivity contribution is -0.122. The van der Waals surface area contributed by atoms with E-state index in [0.29, 0.717) is 26.4 Å². The SMILES string of the molecule is CS(=O)(=O)N1CCC(C(=O)Nc2ccc(Cl)c(Cl)c2)Oc2ccc(Cl)cc21. The van der Waals surface area contributed by atoms with Gasteiger partial charge in [0.1, 0.15) is 5.75 Å². The maximum Gasteiger partial charge on any atom is 0.265 e. The van der Waals surface area contributed by atoms with Gasteiger partial charge in [-0.3, -0.25) is 9.10 Å². The summed E-state index contributed by atoms with van der Waals surface area (Å²) in [5, 5.41) is 3.74. The number of hydrogen-bond acceptors (Lipinski definition) is 4. The van der Waals surface area contributed by atoms with Gasteiger partial charge in [-0.15, -0.1) is 0 Å². The van der Waals surface area contributed by atoms with Gasteiger partial charge in [-0.05, 0) is 36.4 Å². The lowest BCUT2D eigenvalue weighted by Gasteiger charge is -2.21. The van der Waals surface area contributed by atoms with E-state index in [1.807, 2.05) is 0 Å². The van der Waals surface area contributed by atoms with Crippen LogP contribution in [0.2, 0.25) is 15.1 Å². The number of benzene rings is 2. The first-order valence-corrected chi connectivity index (χ1v) is 10.8. The van der Waals surface area contributed by atoms with E-state index >= 15 is 0 Å². The van der Waals surface area contributed by atoms with Crippen LogP contribution in [0.4, 0.5) is 11.4 Å². The monoisotopic (exact) mass is 448 g/mol. The van der Waals surface area contributed by atoms with Crippen LogP contribution in [0.1, 0.15) is 6.42 Å². The zero-order valence-corrected chi connectivity index (χ0v) is 17.2. The van der Waals surface area contributed by atoms with E-state index < -0.39 is 22.0 Å². The summed E-state index contributed by atoms with van der Waals surface area (Å²) in [5.74, 6) is -0.166. The lowest BCUT2D eigenvalue weighted by Crippen LogP contribution is -2.35. The summed E-state index contributed by atoms with van der Waals surface area (Å²) in [5.41, 5.74) is 0.758. The Morgan fingerprint density at radius 2 is 1.89 bits per heavy atom. The Kier molecular flexibility index (Phi) is 5.76. The number of nitrogens with zero attached hydrogens (tertiary/aromatic N) is 1. The molecule has 0 aliphatic carbocycles. The number of halogens is 3. The zero-order valence-electron chi connectivity index (χ0n) is 14.1. The maximum atomic E-state index is 12.6. The molecule has 27 heavy (non-hydrogen) atoms. The Morgan fingerprint density at radius 1 is 1.15 bits per heavy atom. The molecule has 1 N–H and O–H groups in total. The topological polar surface area (TPSA) is 75.7 Å². The molecule has 1 atom stereocenters. The number of rotatable bonds is 3. The minimum atomic E-state index is -3.57. The molecule has 10 heteroatoms. The molecule has 1 heterocycles. The van der Waals surface area contributed by atoms with Crippen LogP contribution in [0, 0.1) is 0 Å². The van der Waals surface area contributed by atoms with Crippen LogP contribution in [-0.4, -0.2) is 33.2 Å². The van der Waals surface area contributed by atoms with Crippen LogP contribution >= 0.6 is 34.8 Å². The molecule has 6 nitrogen and oxygen atoms in total. The second kappa shape index (κ2) is 7.75. The van der Waals surface area contributed by atoms with Gasteiger partial charge in [-0.25, -0.2) is 8.42 Å². The first-order valence-electron chi connectivity index (χ1n) is 7.85. The van der Waals surface area contributed by atoms with Gasteiger partial charge in [0.15, 0.2) is 6.10 Å². The molecule has 0 saturated heterocycles.